The third-order valence-corrected chi connectivity index (χ3v) is 5.91. The molecule has 2 aromatic heterocycles. The largest absolute Gasteiger partial charge is 0.359 e. The molecule has 3 heterocycles. The SMILES string of the molecule is Cc1cc(C)c(/C=C2\C(=O)Nc3ccc(-c4nc5ccccc5s4)cc32)[nH]1. The Morgan fingerprint density at radius 3 is 2.70 bits per heavy atom. The number of aryl methyl sites for hydroxylation is 2. The third-order valence-electron chi connectivity index (χ3n) is 4.82. The van der Waals surface area contributed by atoms with Crippen LogP contribution >= 0.6 is 11.3 Å². The topological polar surface area (TPSA) is 57.8 Å². The Morgan fingerprint density at radius 2 is 1.93 bits per heavy atom. The van der Waals surface area contributed by atoms with Gasteiger partial charge in [0.25, 0.3) is 5.91 Å². The molecule has 4 nitrogen and oxygen atoms in total. The maximum absolute atomic E-state index is 12.5. The number of anilines is 1. The number of aromatic nitrogens is 2. The summed E-state index contributed by atoms with van der Waals surface area (Å²) in [4.78, 5) is 20.6. The van der Waals surface area contributed by atoms with Crippen molar-refractivity contribution in [1.82, 2.24) is 9.97 Å². The number of aromatic amines is 1. The van der Waals surface area contributed by atoms with E-state index in [0.717, 1.165) is 49.0 Å². The van der Waals surface area contributed by atoms with E-state index in [1.54, 1.807) is 11.3 Å². The van der Waals surface area contributed by atoms with Crippen LogP contribution in [0.4, 0.5) is 5.69 Å². The van der Waals surface area contributed by atoms with E-state index in [1.165, 1.54) is 0 Å². The van der Waals surface area contributed by atoms with Gasteiger partial charge in [-0.2, -0.15) is 0 Å². The number of H-pyrrole nitrogens is 1. The molecule has 1 aliphatic rings. The monoisotopic (exact) mass is 371 g/mol. The number of fused-ring (bicyclic) bond motifs is 2. The number of nitrogens with one attached hydrogen (secondary N) is 2. The minimum Gasteiger partial charge on any atom is -0.359 e. The van der Waals surface area contributed by atoms with E-state index in [2.05, 4.69) is 28.5 Å². The molecular formula is C22H17N3OS. The van der Waals surface area contributed by atoms with Crippen LogP contribution in [0.3, 0.4) is 0 Å². The second-order valence-corrected chi connectivity index (χ2v) is 7.84. The lowest BCUT2D eigenvalue weighted by molar-refractivity contribution is -0.110. The lowest BCUT2D eigenvalue weighted by Crippen LogP contribution is -2.03. The van der Waals surface area contributed by atoms with E-state index < -0.39 is 0 Å². The van der Waals surface area contributed by atoms with Crippen LogP contribution < -0.4 is 5.32 Å². The minimum absolute atomic E-state index is 0.0712. The van der Waals surface area contributed by atoms with Gasteiger partial charge in [0.05, 0.1) is 15.8 Å². The van der Waals surface area contributed by atoms with E-state index in [1.807, 2.05) is 50.3 Å². The van der Waals surface area contributed by atoms with Gasteiger partial charge in [0.1, 0.15) is 5.01 Å². The highest BCUT2D eigenvalue weighted by molar-refractivity contribution is 7.21. The zero-order chi connectivity index (χ0) is 18.5. The van der Waals surface area contributed by atoms with Gasteiger partial charge in [-0.1, -0.05) is 12.1 Å². The van der Waals surface area contributed by atoms with Gasteiger partial charge in [0, 0.05) is 28.2 Å². The smallest absolute Gasteiger partial charge is 0.256 e. The highest BCUT2D eigenvalue weighted by Crippen LogP contribution is 2.38. The van der Waals surface area contributed by atoms with Gasteiger partial charge in [-0.15, -0.1) is 11.3 Å². The standard InChI is InChI=1S/C22H17N3OS/c1-12-9-13(2)23-19(12)11-16-15-10-14(7-8-17(15)24-21(16)26)22-25-18-5-3-4-6-20(18)27-22/h3-11,23H,1-2H3,(H,24,26)/b16-11-. The summed E-state index contributed by atoms with van der Waals surface area (Å²) in [5.41, 5.74) is 7.65. The normalized spacial score (nSPS) is 14.7. The fourth-order valence-corrected chi connectivity index (χ4v) is 4.47. The van der Waals surface area contributed by atoms with Crippen molar-refractivity contribution < 1.29 is 4.79 Å². The zero-order valence-corrected chi connectivity index (χ0v) is 15.8. The molecule has 0 radical (unpaired) electrons. The predicted molar refractivity (Wildman–Crippen MR) is 112 cm³/mol. The van der Waals surface area contributed by atoms with Crippen molar-refractivity contribution >= 4 is 44.8 Å². The number of thiazole rings is 1. The average Bonchev–Trinajstić information content (AvgIpc) is 3.31. The highest BCUT2D eigenvalue weighted by atomic mass is 32.1. The summed E-state index contributed by atoms with van der Waals surface area (Å²) in [5.74, 6) is -0.0712. The van der Waals surface area contributed by atoms with Crippen molar-refractivity contribution in [3.8, 4) is 10.6 Å². The van der Waals surface area contributed by atoms with Crippen molar-refractivity contribution in [2.24, 2.45) is 0 Å². The number of hydrogen-bond donors (Lipinski definition) is 2. The molecule has 5 heteroatoms. The van der Waals surface area contributed by atoms with Crippen molar-refractivity contribution in [3.05, 3.63) is 71.0 Å². The molecule has 5 rings (SSSR count). The Hall–Kier alpha value is -3.18. The molecule has 2 aromatic carbocycles. The third kappa shape index (κ3) is 2.67. The molecule has 0 saturated heterocycles. The molecule has 1 amide bonds. The summed E-state index contributed by atoms with van der Waals surface area (Å²) >= 11 is 1.67. The van der Waals surface area contributed by atoms with Crippen LogP contribution in [-0.2, 0) is 4.79 Å². The van der Waals surface area contributed by atoms with Crippen LogP contribution in [-0.4, -0.2) is 15.9 Å². The summed E-state index contributed by atoms with van der Waals surface area (Å²) in [6.07, 6.45) is 1.94. The molecule has 132 valence electrons. The molecular weight excluding hydrogens is 354 g/mol. The first-order valence-corrected chi connectivity index (χ1v) is 9.60. The first-order valence-electron chi connectivity index (χ1n) is 8.78. The summed E-state index contributed by atoms with van der Waals surface area (Å²) < 4.78 is 1.16. The Kier molecular flexibility index (Phi) is 3.52. The van der Waals surface area contributed by atoms with Crippen LogP contribution in [0.1, 0.15) is 22.5 Å². The number of nitrogens with zero attached hydrogens (tertiary/aromatic N) is 1. The van der Waals surface area contributed by atoms with E-state index >= 15 is 0 Å². The van der Waals surface area contributed by atoms with Crippen molar-refractivity contribution in [2.45, 2.75) is 13.8 Å². The van der Waals surface area contributed by atoms with Gasteiger partial charge in [-0.3, -0.25) is 4.79 Å². The van der Waals surface area contributed by atoms with Gasteiger partial charge >= 0.3 is 0 Å². The number of rotatable bonds is 2. The second kappa shape index (κ2) is 5.93. The Labute approximate surface area is 160 Å². The molecule has 0 atom stereocenters. The molecule has 27 heavy (non-hydrogen) atoms. The van der Waals surface area contributed by atoms with Crippen LogP contribution in [0.2, 0.25) is 0 Å². The summed E-state index contributed by atoms with van der Waals surface area (Å²) in [6, 6.07) is 16.2. The van der Waals surface area contributed by atoms with Crippen LogP contribution in [0, 0.1) is 13.8 Å². The molecule has 0 fully saturated rings. The number of para-hydroxylation sites is 1. The Balaban J connectivity index is 1.63. The summed E-state index contributed by atoms with van der Waals surface area (Å²) in [5, 5.41) is 3.92. The Bertz CT molecular complexity index is 1210. The molecule has 0 unspecified atom stereocenters. The fraction of sp³-hybridized carbons (Fsp3) is 0.0909. The van der Waals surface area contributed by atoms with Gasteiger partial charge < -0.3 is 10.3 Å². The fourth-order valence-electron chi connectivity index (χ4n) is 3.50. The van der Waals surface area contributed by atoms with Crippen molar-refractivity contribution in [1.29, 1.82) is 0 Å². The van der Waals surface area contributed by atoms with E-state index in [-0.39, 0.29) is 5.91 Å². The predicted octanol–water partition coefficient (Wildman–Crippen LogP) is 5.40. The number of benzene rings is 2. The molecule has 1 aliphatic heterocycles. The van der Waals surface area contributed by atoms with Gasteiger partial charge in [-0.25, -0.2) is 4.98 Å². The van der Waals surface area contributed by atoms with Gasteiger partial charge in [0.15, 0.2) is 0 Å². The summed E-state index contributed by atoms with van der Waals surface area (Å²) in [6.45, 7) is 4.06. The second-order valence-electron chi connectivity index (χ2n) is 6.81. The molecule has 0 saturated carbocycles. The molecule has 0 bridgehead atoms. The average molecular weight is 371 g/mol. The molecule has 4 aromatic rings. The van der Waals surface area contributed by atoms with Crippen LogP contribution in [0.5, 0.6) is 0 Å². The van der Waals surface area contributed by atoms with Crippen molar-refractivity contribution in [2.75, 3.05) is 5.32 Å². The lowest BCUT2D eigenvalue weighted by atomic mass is 10.0. The van der Waals surface area contributed by atoms with Crippen molar-refractivity contribution in [3.63, 3.8) is 0 Å². The van der Waals surface area contributed by atoms with Gasteiger partial charge in [-0.05, 0) is 61.9 Å². The van der Waals surface area contributed by atoms with Crippen LogP contribution in [0.25, 0.3) is 32.4 Å². The quantitative estimate of drug-likeness (QED) is 0.464. The maximum Gasteiger partial charge on any atom is 0.256 e. The highest BCUT2D eigenvalue weighted by Gasteiger charge is 2.25. The number of hydrogen-bond acceptors (Lipinski definition) is 3. The zero-order valence-electron chi connectivity index (χ0n) is 15.0. The summed E-state index contributed by atoms with van der Waals surface area (Å²) in [7, 11) is 0. The van der Waals surface area contributed by atoms with E-state index in [9.17, 15) is 4.79 Å². The van der Waals surface area contributed by atoms with E-state index in [0.29, 0.717) is 5.57 Å². The first-order chi connectivity index (χ1) is 13.1. The minimum atomic E-state index is -0.0712. The molecule has 0 aliphatic carbocycles. The number of carbonyl (C=O) groups excluding carboxylic acids is 1. The number of carbonyl (C=O) groups is 1. The lowest BCUT2D eigenvalue weighted by Gasteiger charge is -2.02. The molecule has 2 N–H and O–H groups in total. The van der Waals surface area contributed by atoms with E-state index in [4.69, 9.17) is 4.98 Å². The molecule has 0 spiro atoms. The van der Waals surface area contributed by atoms with Gasteiger partial charge in [0.2, 0.25) is 0 Å². The van der Waals surface area contributed by atoms with Crippen LogP contribution in [0.15, 0.2) is 48.5 Å². The first kappa shape index (κ1) is 16.0. The maximum atomic E-state index is 12.5. The Morgan fingerprint density at radius 1 is 1.07 bits per heavy atom. The number of amides is 1.